The summed E-state index contributed by atoms with van der Waals surface area (Å²) in [4.78, 5) is 15.7. The summed E-state index contributed by atoms with van der Waals surface area (Å²) in [5.74, 6) is 1.59. The number of carbonyl (C=O) groups excluding carboxylic acids is 1. The Bertz CT molecular complexity index is 699. The molecule has 0 radical (unpaired) electrons. The zero-order valence-electron chi connectivity index (χ0n) is 16.4. The molecule has 1 fully saturated rings. The van der Waals surface area contributed by atoms with E-state index in [0.717, 1.165) is 25.1 Å². The quantitative estimate of drug-likeness (QED) is 0.575. The largest absolute Gasteiger partial charge is 0.493 e. The predicted octanol–water partition coefficient (Wildman–Crippen LogP) is 4.09. The highest BCUT2D eigenvalue weighted by atomic mass is 32.1. The van der Waals surface area contributed by atoms with Crippen molar-refractivity contribution in [1.82, 2.24) is 10.2 Å². The van der Waals surface area contributed by atoms with E-state index in [1.807, 2.05) is 30.3 Å². The molecule has 0 aliphatic carbocycles. The lowest BCUT2D eigenvalue weighted by Crippen LogP contribution is -2.29. The molecule has 1 N–H and O–H groups in total. The minimum absolute atomic E-state index is 0.0508. The van der Waals surface area contributed by atoms with Crippen LogP contribution >= 0.6 is 11.3 Å². The van der Waals surface area contributed by atoms with Gasteiger partial charge in [-0.15, -0.1) is 11.3 Å². The summed E-state index contributed by atoms with van der Waals surface area (Å²) in [5.41, 5.74) is 0. The number of rotatable bonds is 11. The maximum Gasteiger partial charge on any atom is 0.257 e. The van der Waals surface area contributed by atoms with Crippen molar-refractivity contribution in [1.29, 1.82) is 0 Å². The SMILES string of the molecule is O=C(COc1ccccc1)NCCCCOc1csc(CN2CCCCC2)c1. The van der Waals surface area contributed by atoms with E-state index in [9.17, 15) is 4.79 Å². The van der Waals surface area contributed by atoms with Crippen molar-refractivity contribution in [3.63, 3.8) is 0 Å². The van der Waals surface area contributed by atoms with Gasteiger partial charge in [-0.2, -0.15) is 0 Å². The Morgan fingerprint density at radius 3 is 2.68 bits per heavy atom. The van der Waals surface area contributed by atoms with E-state index in [2.05, 4.69) is 21.7 Å². The highest BCUT2D eigenvalue weighted by Crippen LogP contribution is 2.24. The molecule has 3 rings (SSSR count). The average molecular weight is 403 g/mol. The van der Waals surface area contributed by atoms with Gasteiger partial charge in [0.2, 0.25) is 0 Å². The topological polar surface area (TPSA) is 50.8 Å². The molecular formula is C22H30N2O3S. The first-order valence-electron chi connectivity index (χ1n) is 10.2. The minimum Gasteiger partial charge on any atom is -0.493 e. The number of likely N-dealkylation sites (tertiary alicyclic amines) is 1. The second-order valence-electron chi connectivity index (χ2n) is 7.09. The number of hydrogen-bond donors (Lipinski definition) is 1. The maximum atomic E-state index is 11.8. The molecule has 28 heavy (non-hydrogen) atoms. The molecule has 1 aliphatic heterocycles. The van der Waals surface area contributed by atoms with Gasteiger partial charge in [-0.1, -0.05) is 24.6 Å². The summed E-state index contributed by atoms with van der Waals surface area (Å²) < 4.78 is 11.3. The van der Waals surface area contributed by atoms with E-state index < -0.39 is 0 Å². The Morgan fingerprint density at radius 1 is 1.04 bits per heavy atom. The molecule has 1 saturated heterocycles. The van der Waals surface area contributed by atoms with Crippen LogP contribution < -0.4 is 14.8 Å². The molecule has 5 nitrogen and oxygen atoms in total. The van der Waals surface area contributed by atoms with Gasteiger partial charge in [0.15, 0.2) is 6.61 Å². The van der Waals surface area contributed by atoms with Gasteiger partial charge in [0.05, 0.1) is 6.61 Å². The molecule has 0 unspecified atom stereocenters. The van der Waals surface area contributed by atoms with Crippen LogP contribution in [0.2, 0.25) is 0 Å². The second kappa shape index (κ2) is 11.7. The Balaban J connectivity index is 1.21. The van der Waals surface area contributed by atoms with Gasteiger partial charge in [0.25, 0.3) is 5.91 Å². The first kappa shape index (κ1) is 20.7. The molecule has 0 saturated carbocycles. The normalized spacial score (nSPS) is 14.6. The van der Waals surface area contributed by atoms with Crippen LogP contribution in [0.5, 0.6) is 11.5 Å². The molecule has 0 bridgehead atoms. The third-order valence-corrected chi connectivity index (χ3v) is 5.63. The van der Waals surface area contributed by atoms with Crippen LogP contribution in [0.4, 0.5) is 0 Å². The number of ether oxygens (including phenoxy) is 2. The van der Waals surface area contributed by atoms with E-state index in [4.69, 9.17) is 9.47 Å². The van der Waals surface area contributed by atoms with Gasteiger partial charge in [0.1, 0.15) is 11.5 Å². The highest BCUT2D eigenvalue weighted by Gasteiger charge is 2.11. The van der Waals surface area contributed by atoms with Crippen molar-refractivity contribution >= 4 is 17.2 Å². The van der Waals surface area contributed by atoms with Crippen molar-refractivity contribution in [2.45, 2.75) is 38.6 Å². The lowest BCUT2D eigenvalue weighted by atomic mass is 10.1. The number of para-hydroxylation sites is 1. The lowest BCUT2D eigenvalue weighted by Gasteiger charge is -2.25. The number of unbranched alkanes of at least 4 members (excludes halogenated alkanes) is 1. The Kier molecular flexibility index (Phi) is 8.65. The van der Waals surface area contributed by atoms with Crippen LogP contribution in [0.1, 0.15) is 37.0 Å². The fourth-order valence-corrected chi connectivity index (χ4v) is 4.06. The molecule has 2 aromatic rings. The average Bonchev–Trinajstić information content (AvgIpc) is 3.17. The molecule has 152 valence electrons. The first-order valence-corrected chi connectivity index (χ1v) is 11.0. The van der Waals surface area contributed by atoms with E-state index in [-0.39, 0.29) is 12.5 Å². The second-order valence-corrected chi connectivity index (χ2v) is 8.09. The number of hydrogen-bond acceptors (Lipinski definition) is 5. The number of carbonyl (C=O) groups is 1. The summed E-state index contributed by atoms with van der Waals surface area (Å²) >= 11 is 1.78. The van der Waals surface area contributed by atoms with Crippen LogP contribution in [0.15, 0.2) is 41.8 Å². The van der Waals surface area contributed by atoms with Crippen LogP contribution in [0, 0.1) is 0 Å². The molecule has 1 amide bonds. The molecule has 1 aliphatic rings. The number of piperidine rings is 1. The van der Waals surface area contributed by atoms with Crippen LogP contribution in [-0.4, -0.2) is 43.7 Å². The highest BCUT2D eigenvalue weighted by molar-refractivity contribution is 7.10. The molecule has 2 heterocycles. The number of benzene rings is 1. The summed E-state index contributed by atoms with van der Waals surface area (Å²) in [6.45, 7) is 4.85. The third-order valence-electron chi connectivity index (χ3n) is 4.73. The minimum atomic E-state index is -0.0926. The Hall–Kier alpha value is -2.05. The number of thiophene rings is 1. The zero-order valence-corrected chi connectivity index (χ0v) is 17.2. The Morgan fingerprint density at radius 2 is 1.86 bits per heavy atom. The van der Waals surface area contributed by atoms with Crippen molar-refractivity contribution in [2.24, 2.45) is 0 Å². The smallest absolute Gasteiger partial charge is 0.257 e. The van der Waals surface area contributed by atoms with Gasteiger partial charge in [0, 0.05) is 23.3 Å². The van der Waals surface area contributed by atoms with Crippen molar-refractivity contribution in [3.8, 4) is 11.5 Å². The van der Waals surface area contributed by atoms with Crippen LogP contribution in [0.3, 0.4) is 0 Å². The van der Waals surface area contributed by atoms with E-state index in [1.165, 1.54) is 37.2 Å². The zero-order chi connectivity index (χ0) is 19.4. The van der Waals surface area contributed by atoms with Gasteiger partial charge in [-0.3, -0.25) is 9.69 Å². The number of nitrogens with one attached hydrogen (secondary N) is 1. The molecule has 0 spiro atoms. The van der Waals surface area contributed by atoms with Gasteiger partial charge in [-0.05, 0) is 57.0 Å². The van der Waals surface area contributed by atoms with Crippen LogP contribution in [0.25, 0.3) is 0 Å². The van der Waals surface area contributed by atoms with E-state index >= 15 is 0 Å². The summed E-state index contributed by atoms with van der Waals surface area (Å²) in [5, 5.41) is 4.98. The first-order chi connectivity index (χ1) is 13.8. The fourth-order valence-electron chi connectivity index (χ4n) is 3.22. The van der Waals surface area contributed by atoms with E-state index in [1.54, 1.807) is 11.3 Å². The van der Waals surface area contributed by atoms with Gasteiger partial charge in [-0.25, -0.2) is 0 Å². The van der Waals surface area contributed by atoms with E-state index in [0.29, 0.717) is 18.9 Å². The molecule has 0 atom stereocenters. The molecule has 6 heteroatoms. The van der Waals surface area contributed by atoms with Crippen molar-refractivity contribution in [3.05, 3.63) is 46.7 Å². The standard InChI is InChI=1S/C22H30N2O3S/c25-22(17-27-19-9-3-1-4-10-19)23-11-5-8-14-26-20-15-21(28-18-20)16-24-12-6-2-7-13-24/h1,3-4,9-10,15,18H,2,5-8,11-14,16-17H2,(H,23,25). The summed E-state index contributed by atoms with van der Waals surface area (Å²) in [7, 11) is 0. The fraction of sp³-hybridized carbons (Fsp3) is 0.500. The maximum absolute atomic E-state index is 11.8. The third kappa shape index (κ3) is 7.52. The van der Waals surface area contributed by atoms with Crippen molar-refractivity contribution in [2.75, 3.05) is 32.8 Å². The number of amides is 1. The summed E-state index contributed by atoms with van der Waals surface area (Å²) in [6, 6.07) is 11.5. The van der Waals surface area contributed by atoms with Crippen LogP contribution in [-0.2, 0) is 11.3 Å². The predicted molar refractivity (Wildman–Crippen MR) is 113 cm³/mol. The van der Waals surface area contributed by atoms with Crippen molar-refractivity contribution < 1.29 is 14.3 Å². The van der Waals surface area contributed by atoms with Gasteiger partial charge >= 0.3 is 0 Å². The Labute approximate surface area is 171 Å². The monoisotopic (exact) mass is 402 g/mol. The lowest BCUT2D eigenvalue weighted by molar-refractivity contribution is -0.123. The summed E-state index contributed by atoms with van der Waals surface area (Å²) in [6.07, 6.45) is 5.82. The number of nitrogens with zero attached hydrogens (tertiary/aromatic N) is 1. The molecular weight excluding hydrogens is 372 g/mol. The molecule has 1 aromatic heterocycles. The molecule has 1 aromatic carbocycles. The van der Waals surface area contributed by atoms with Gasteiger partial charge < -0.3 is 14.8 Å².